The molecule has 1 saturated heterocycles. The fourth-order valence-electron chi connectivity index (χ4n) is 5.75. The van der Waals surface area contributed by atoms with E-state index in [4.69, 9.17) is 4.98 Å². The van der Waals surface area contributed by atoms with E-state index in [0.717, 1.165) is 17.3 Å². The summed E-state index contributed by atoms with van der Waals surface area (Å²) in [4.78, 5) is 20.9. The van der Waals surface area contributed by atoms with Crippen LogP contribution in [0.3, 0.4) is 0 Å². The molecule has 6 rings (SSSR count). The molecular weight excluding hydrogens is 620 g/mol. The molecule has 0 bridgehead atoms. The first-order valence-corrected chi connectivity index (χ1v) is 16.9. The number of halogens is 4. The lowest BCUT2D eigenvalue weighted by atomic mass is 9.75. The Labute approximate surface area is 255 Å². The quantitative estimate of drug-likeness (QED) is 0.374. The fourth-order valence-corrected chi connectivity index (χ4v) is 8.05. The van der Waals surface area contributed by atoms with Crippen LogP contribution in [0.25, 0.3) is 21.1 Å². The molecule has 44 heavy (non-hydrogen) atoms. The predicted octanol–water partition coefficient (Wildman–Crippen LogP) is 4.91. The Hall–Kier alpha value is -3.64. The molecule has 3 fully saturated rings. The molecule has 3 unspecified atom stereocenters. The number of amides is 1. The molecule has 1 aromatic carbocycles. The predicted molar refractivity (Wildman–Crippen MR) is 155 cm³/mol. The molecule has 1 N–H and O–H groups in total. The third kappa shape index (κ3) is 6.28. The topological polar surface area (TPSA) is 129 Å². The van der Waals surface area contributed by atoms with E-state index in [9.17, 15) is 36.0 Å². The highest BCUT2D eigenvalue weighted by Crippen LogP contribution is 2.47. The Morgan fingerprint density at radius 1 is 1.07 bits per heavy atom. The first-order chi connectivity index (χ1) is 20.9. The standard InChI is InChI=1S/C29H28F4N6O3S2/c30-18-3-6-20(21(15-18)26(40)36-28(16-34)9-10-28)24-25(43-27(35-24)22-7-8-23(38-37-22)29(31,32)33)17-1-4-19(5-2-17)39-11-13-44(41,42)14-12-39/h1-2,4-5,7-8,18,20-21H,3,6,9-15H2,(H,36,40). The largest absolute Gasteiger partial charge is 0.435 e. The lowest BCUT2D eigenvalue weighted by molar-refractivity contribution is -0.141. The van der Waals surface area contributed by atoms with Gasteiger partial charge in [0, 0.05) is 30.6 Å². The molecule has 2 aromatic heterocycles. The first-order valence-electron chi connectivity index (χ1n) is 14.2. The summed E-state index contributed by atoms with van der Waals surface area (Å²) in [5.41, 5.74) is 0.143. The number of nitrogens with zero attached hydrogens (tertiary/aromatic N) is 5. The Morgan fingerprint density at radius 3 is 2.36 bits per heavy atom. The lowest BCUT2D eigenvalue weighted by Crippen LogP contribution is -2.44. The average molecular weight is 649 g/mol. The van der Waals surface area contributed by atoms with Crippen molar-refractivity contribution in [3.63, 3.8) is 0 Å². The van der Waals surface area contributed by atoms with Gasteiger partial charge in [0.1, 0.15) is 22.4 Å². The van der Waals surface area contributed by atoms with E-state index >= 15 is 0 Å². The number of carbonyl (C=O) groups is 1. The van der Waals surface area contributed by atoms with E-state index in [1.165, 1.54) is 17.4 Å². The van der Waals surface area contributed by atoms with Gasteiger partial charge in [0.15, 0.2) is 15.5 Å². The second-order valence-electron chi connectivity index (χ2n) is 11.5. The normalized spacial score (nSPS) is 24.3. The van der Waals surface area contributed by atoms with Crippen molar-refractivity contribution in [3.05, 3.63) is 47.8 Å². The number of rotatable bonds is 6. The first kappa shape index (κ1) is 30.4. The molecule has 3 atom stereocenters. The van der Waals surface area contributed by atoms with Crippen molar-refractivity contribution in [2.75, 3.05) is 29.5 Å². The van der Waals surface area contributed by atoms with Gasteiger partial charge in [-0.25, -0.2) is 17.8 Å². The summed E-state index contributed by atoms with van der Waals surface area (Å²) in [5, 5.41) is 19.7. The fraction of sp³-hybridized carbons (Fsp3) is 0.483. The van der Waals surface area contributed by atoms with Gasteiger partial charge in [-0.15, -0.1) is 21.5 Å². The Balaban J connectivity index is 1.37. The van der Waals surface area contributed by atoms with Crippen molar-refractivity contribution < 1.29 is 30.8 Å². The highest BCUT2D eigenvalue weighted by atomic mass is 32.2. The minimum atomic E-state index is -4.65. The number of carbonyl (C=O) groups excluding carboxylic acids is 1. The zero-order valence-corrected chi connectivity index (χ0v) is 25.0. The number of thiazole rings is 1. The molecule has 2 saturated carbocycles. The van der Waals surface area contributed by atoms with Crippen molar-refractivity contribution in [1.29, 1.82) is 5.26 Å². The average Bonchev–Trinajstić information content (AvgIpc) is 3.63. The van der Waals surface area contributed by atoms with Gasteiger partial charge in [0.25, 0.3) is 0 Å². The summed E-state index contributed by atoms with van der Waals surface area (Å²) in [5.74, 6) is -1.59. The number of alkyl halides is 4. The van der Waals surface area contributed by atoms with Gasteiger partial charge in [-0.3, -0.25) is 4.79 Å². The van der Waals surface area contributed by atoms with Crippen LogP contribution in [0.15, 0.2) is 36.4 Å². The maximum Gasteiger partial charge on any atom is 0.435 e. The third-order valence-electron chi connectivity index (χ3n) is 8.47. The molecule has 232 valence electrons. The summed E-state index contributed by atoms with van der Waals surface area (Å²) in [7, 11) is -3.05. The molecule has 2 aliphatic carbocycles. The van der Waals surface area contributed by atoms with Gasteiger partial charge in [-0.05, 0) is 61.9 Å². The van der Waals surface area contributed by atoms with Crippen molar-refractivity contribution in [2.45, 2.75) is 55.9 Å². The maximum absolute atomic E-state index is 14.7. The monoisotopic (exact) mass is 648 g/mol. The van der Waals surface area contributed by atoms with Gasteiger partial charge in [-0.2, -0.15) is 18.4 Å². The number of hydrogen-bond acceptors (Lipinski definition) is 9. The van der Waals surface area contributed by atoms with Gasteiger partial charge < -0.3 is 10.2 Å². The Bertz CT molecular complexity index is 1690. The van der Waals surface area contributed by atoms with Crippen LogP contribution in [0.1, 0.15) is 49.4 Å². The summed E-state index contributed by atoms with van der Waals surface area (Å²) in [6.07, 6.45) is -4.32. The van der Waals surface area contributed by atoms with Crippen molar-refractivity contribution in [3.8, 4) is 27.2 Å². The number of sulfone groups is 1. The van der Waals surface area contributed by atoms with E-state index in [0.29, 0.717) is 47.9 Å². The number of hydrogen-bond donors (Lipinski definition) is 1. The van der Waals surface area contributed by atoms with Crippen LogP contribution in [-0.4, -0.2) is 65.8 Å². The number of aromatic nitrogens is 3. The SMILES string of the molecule is N#CC1(NC(=O)C2CC(F)CCC2c2nc(-c3ccc(C(F)(F)F)nn3)sc2-c2ccc(N3CCS(=O)(=O)CC3)cc2)CC1. The molecule has 15 heteroatoms. The van der Waals surface area contributed by atoms with Crippen LogP contribution in [0.5, 0.6) is 0 Å². The van der Waals surface area contributed by atoms with Crippen LogP contribution in [-0.2, 0) is 20.8 Å². The smallest absolute Gasteiger partial charge is 0.369 e. The third-order valence-corrected chi connectivity index (χ3v) is 11.2. The van der Waals surface area contributed by atoms with Gasteiger partial charge in [0.2, 0.25) is 5.91 Å². The van der Waals surface area contributed by atoms with Gasteiger partial charge in [0.05, 0.1) is 28.1 Å². The summed E-state index contributed by atoms with van der Waals surface area (Å²) >= 11 is 1.19. The Morgan fingerprint density at radius 2 is 1.77 bits per heavy atom. The second-order valence-corrected chi connectivity index (χ2v) is 14.8. The second kappa shape index (κ2) is 11.4. The van der Waals surface area contributed by atoms with E-state index in [1.54, 1.807) is 0 Å². The summed E-state index contributed by atoms with van der Waals surface area (Å²) < 4.78 is 77.8. The molecule has 1 aliphatic heterocycles. The molecule has 3 aromatic rings. The van der Waals surface area contributed by atoms with Crippen LogP contribution in [0.2, 0.25) is 0 Å². The molecule has 9 nitrogen and oxygen atoms in total. The molecule has 3 aliphatic rings. The summed E-state index contributed by atoms with van der Waals surface area (Å²) in [6, 6.07) is 11.6. The van der Waals surface area contributed by atoms with Crippen molar-refractivity contribution in [2.24, 2.45) is 5.92 Å². The molecule has 0 radical (unpaired) electrons. The minimum absolute atomic E-state index is 0.0405. The number of anilines is 1. The summed E-state index contributed by atoms with van der Waals surface area (Å²) in [6.45, 7) is 0.745. The van der Waals surface area contributed by atoms with Crippen molar-refractivity contribution >= 4 is 32.8 Å². The zero-order valence-electron chi connectivity index (χ0n) is 23.3. The van der Waals surface area contributed by atoms with E-state index in [-0.39, 0.29) is 30.0 Å². The minimum Gasteiger partial charge on any atom is -0.369 e. The number of benzene rings is 1. The van der Waals surface area contributed by atoms with Gasteiger partial charge in [-0.1, -0.05) is 12.1 Å². The highest BCUT2D eigenvalue weighted by Gasteiger charge is 2.48. The number of nitriles is 1. The maximum atomic E-state index is 14.7. The zero-order chi connectivity index (χ0) is 31.3. The number of nitrogens with one attached hydrogen (secondary N) is 1. The molecule has 3 heterocycles. The molecule has 1 amide bonds. The Kier molecular flexibility index (Phi) is 7.86. The van der Waals surface area contributed by atoms with E-state index in [1.807, 2.05) is 29.2 Å². The lowest BCUT2D eigenvalue weighted by Gasteiger charge is -2.32. The van der Waals surface area contributed by atoms with E-state index in [2.05, 4.69) is 21.6 Å². The van der Waals surface area contributed by atoms with Crippen LogP contribution < -0.4 is 10.2 Å². The van der Waals surface area contributed by atoms with Gasteiger partial charge >= 0.3 is 6.18 Å². The van der Waals surface area contributed by atoms with E-state index < -0.39 is 51.2 Å². The highest BCUT2D eigenvalue weighted by molar-refractivity contribution is 7.91. The van der Waals surface area contributed by atoms with Crippen molar-refractivity contribution in [1.82, 2.24) is 20.5 Å². The molecular formula is C29H28F4N6O3S2. The van der Waals surface area contributed by atoms with Crippen LogP contribution >= 0.6 is 11.3 Å². The van der Waals surface area contributed by atoms with Crippen LogP contribution in [0.4, 0.5) is 23.2 Å². The molecule has 0 spiro atoms. The van der Waals surface area contributed by atoms with Crippen LogP contribution in [0, 0.1) is 17.2 Å².